The van der Waals surface area contributed by atoms with E-state index in [1.165, 1.54) is 12.1 Å². The van der Waals surface area contributed by atoms with Crippen LogP contribution in [-0.4, -0.2) is 16.6 Å². The minimum absolute atomic E-state index is 0.177. The van der Waals surface area contributed by atoms with Gasteiger partial charge in [0.15, 0.2) is 0 Å². The number of nitrogens with one attached hydrogen (secondary N) is 1. The van der Waals surface area contributed by atoms with E-state index in [2.05, 4.69) is 10.3 Å². The maximum Gasteiger partial charge on any atom is 0.416 e. The first kappa shape index (κ1) is 13.6. The molecule has 0 fully saturated rings. The van der Waals surface area contributed by atoms with Gasteiger partial charge >= 0.3 is 6.18 Å². The summed E-state index contributed by atoms with van der Waals surface area (Å²) in [5.41, 5.74) is 0.0953. The molecule has 1 aromatic carbocycles. The van der Waals surface area contributed by atoms with Crippen molar-refractivity contribution in [1.82, 2.24) is 14.9 Å². The predicted octanol–water partition coefficient (Wildman–Crippen LogP) is 2.75. The fourth-order valence-electron chi connectivity index (χ4n) is 2.05. The summed E-state index contributed by atoms with van der Waals surface area (Å²) in [5.74, 6) is 0. The molecule has 0 bridgehead atoms. The van der Waals surface area contributed by atoms with Crippen molar-refractivity contribution in [3.05, 3.63) is 53.6 Å². The maximum absolute atomic E-state index is 13.0. The number of hydrogen-bond acceptors (Lipinski definition) is 2. The van der Waals surface area contributed by atoms with Gasteiger partial charge in [-0.05, 0) is 18.7 Å². The lowest BCUT2D eigenvalue weighted by Crippen LogP contribution is -2.22. The lowest BCUT2D eigenvalue weighted by atomic mass is 9.98. The van der Waals surface area contributed by atoms with Crippen LogP contribution in [0.3, 0.4) is 0 Å². The Hall–Kier alpha value is -1.82. The van der Waals surface area contributed by atoms with Crippen molar-refractivity contribution >= 4 is 0 Å². The molecule has 0 saturated carbocycles. The molecule has 1 unspecified atom stereocenters. The van der Waals surface area contributed by atoms with Gasteiger partial charge in [-0.1, -0.05) is 18.2 Å². The highest BCUT2D eigenvalue weighted by atomic mass is 19.4. The third-order valence-corrected chi connectivity index (χ3v) is 2.89. The minimum atomic E-state index is -4.37. The van der Waals surface area contributed by atoms with Crippen LogP contribution in [0.1, 0.15) is 22.9 Å². The molecule has 1 N–H and O–H groups in total. The average molecular weight is 269 g/mol. The van der Waals surface area contributed by atoms with Crippen LogP contribution in [-0.2, 0) is 13.2 Å². The Labute approximate surface area is 109 Å². The largest absolute Gasteiger partial charge is 0.416 e. The molecule has 1 heterocycles. The van der Waals surface area contributed by atoms with Crippen LogP contribution >= 0.6 is 0 Å². The maximum atomic E-state index is 13.0. The Balaban J connectivity index is 2.50. The monoisotopic (exact) mass is 269 g/mol. The second-order valence-electron chi connectivity index (χ2n) is 4.27. The lowest BCUT2D eigenvalue weighted by molar-refractivity contribution is -0.138. The number of imidazole rings is 1. The van der Waals surface area contributed by atoms with Gasteiger partial charge in [0.25, 0.3) is 0 Å². The summed E-state index contributed by atoms with van der Waals surface area (Å²) in [6, 6.07) is 4.95. The highest BCUT2D eigenvalue weighted by Gasteiger charge is 2.35. The van der Waals surface area contributed by atoms with E-state index in [0.29, 0.717) is 5.69 Å². The van der Waals surface area contributed by atoms with Crippen molar-refractivity contribution in [2.75, 3.05) is 7.05 Å². The average Bonchev–Trinajstić information content (AvgIpc) is 2.76. The van der Waals surface area contributed by atoms with E-state index in [9.17, 15) is 13.2 Å². The van der Waals surface area contributed by atoms with Crippen molar-refractivity contribution < 1.29 is 13.2 Å². The van der Waals surface area contributed by atoms with Crippen LogP contribution in [0.25, 0.3) is 0 Å². The second kappa shape index (κ2) is 5.05. The number of halogens is 3. The fraction of sp³-hybridized carbons (Fsp3) is 0.308. The SMILES string of the molecule is CNC(c1cn(C)cn1)c1ccccc1C(F)(F)F. The quantitative estimate of drug-likeness (QED) is 0.928. The first-order valence-corrected chi connectivity index (χ1v) is 5.74. The standard InChI is InChI=1S/C13H14F3N3/c1-17-12(11-7-19(2)8-18-11)9-5-3-4-6-10(9)13(14,15)16/h3-8,12,17H,1-2H3. The number of aryl methyl sites for hydroxylation is 1. The number of rotatable bonds is 3. The Morgan fingerprint density at radius 1 is 1.26 bits per heavy atom. The third-order valence-electron chi connectivity index (χ3n) is 2.89. The van der Waals surface area contributed by atoms with Gasteiger partial charge in [0.1, 0.15) is 0 Å². The van der Waals surface area contributed by atoms with Crippen molar-refractivity contribution in [3.63, 3.8) is 0 Å². The van der Waals surface area contributed by atoms with Crippen LogP contribution < -0.4 is 5.32 Å². The van der Waals surface area contributed by atoms with Gasteiger partial charge in [0, 0.05) is 13.2 Å². The van der Waals surface area contributed by atoms with E-state index in [0.717, 1.165) is 6.07 Å². The Morgan fingerprint density at radius 3 is 2.47 bits per heavy atom. The molecule has 6 heteroatoms. The molecule has 0 spiro atoms. The summed E-state index contributed by atoms with van der Waals surface area (Å²) in [7, 11) is 3.39. The van der Waals surface area contributed by atoms with Crippen molar-refractivity contribution in [3.8, 4) is 0 Å². The molecule has 102 valence electrons. The molecule has 1 aromatic heterocycles. The van der Waals surface area contributed by atoms with Crippen LogP contribution in [0.15, 0.2) is 36.8 Å². The summed E-state index contributed by atoms with van der Waals surface area (Å²) in [4.78, 5) is 4.12. The van der Waals surface area contributed by atoms with Crippen LogP contribution in [0.5, 0.6) is 0 Å². The fourth-order valence-corrected chi connectivity index (χ4v) is 2.05. The zero-order chi connectivity index (χ0) is 14.0. The van der Waals surface area contributed by atoms with E-state index in [-0.39, 0.29) is 5.56 Å². The van der Waals surface area contributed by atoms with Gasteiger partial charge in [0.2, 0.25) is 0 Å². The molecule has 1 atom stereocenters. The summed E-state index contributed by atoms with van der Waals surface area (Å²) in [6.07, 6.45) is -1.11. The number of aromatic nitrogens is 2. The van der Waals surface area contributed by atoms with Crippen molar-refractivity contribution in [1.29, 1.82) is 0 Å². The molecular formula is C13H14F3N3. The number of alkyl halides is 3. The third kappa shape index (κ3) is 2.78. The molecule has 0 aliphatic heterocycles. The van der Waals surface area contributed by atoms with E-state index >= 15 is 0 Å². The highest BCUT2D eigenvalue weighted by molar-refractivity contribution is 5.36. The molecule has 2 aromatic rings. The van der Waals surface area contributed by atoms with Crippen molar-refractivity contribution in [2.45, 2.75) is 12.2 Å². The normalized spacial score (nSPS) is 13.5. The molecular weight excluding hydrogens is 255 g/mol. The molecule has 2 rings (SSSR count). The molecule has 0 aliphatic rings. The predicted molar refractivity (Wildman–Crippen MR) is 65.6 cm³/mol. The molecule has 0 radical (unpaired) electrons. The van der Waals surface area contributed by atoms with Gasteiger partial charge in [-0.25, -0.2) is 4.98 Å². The second-order valence-corrected chi connectivity index (χ2v) is 4.27. The van der Waals surface area contributed by atoms with Gasteiger partial charge < -0.3 is 9.88 Å². The number of hydrogen-bond donors (Lipinski definition) is 1. The molecule has 0 aliphatic carbocycles. The first-order valence-electron chi connectivity index (χ1n) is 5.74. The van der Waals surface area contributed by atoms with Crippen molar-refractivity contribution in [2.24, 2.45) is 7.05 Å². The van der Waals surface area contributed by atoms with Gasteiger partial charge in [-0.15, -0.1) is 0 Å². The molecule has 0 amide bonds. The van der Waals surface area contributed by atoms with Gasteiger partial charge in [-0.2, -0.15) is 13.2 Å². The summed E-state index contributed by atoms with van der Waals surface area (Å²) < 4.78 is 40.7. The Morgan fingerprint density at radius 2 is 1.95 bits per heavy atom. The van der Waals surface area contributed by atoms with E-state index in [1.54, 1.807) is 37.3 Å². The van der Waals surface area contributed by atoms with Gasteiger partial charge in [0.05, 0.1) is 23.6 Å². The number of benzene rings is 1. The van der Waals surface area contributed by atoms with E-state index in [1.807, 2.05) is 0 Å². The molecule has 3 nitrogen and oxygen atoms in total. The Bertz CT molecular complexity index is 560. The molecule has 0 saturated heterocycles. The van der Waals surface area contributed by atoms with Crippen LogP contribution in [0, 0.1) is 0 Å². The zero-order valence-corrected chi connectivity index (χ0v) is 10.6. The Kier molecular flexibility index (Phi) is 3.61. The number of nitrogens with zero attached hydrogens (tertiary/aromatic N) is 2. The van der Waals surface area contributed by atoms with E-state index in [4.69, 9.17) is 0 Å². The van der Waals surface area contributed by atoms with E-state index < -0.39 is 17.8 Å². The minimum Gasteiger partial charge on any atom is -0.340 e. The summed E-state index contributed by atoms with van der Waals surface area (Å²) in [5, 5.41) is 2.88. The summed E-state index contributed by atoms with van der Waals surface area (Å²) >= 11 is 0. The topological polar surface area (TPSA) is 29.9 Å². The highest BCUT2D eigenvalue weighted by Crippen LogP contribution is 2.35. The smallest absolute Gasteiger partial charge is 0.340 e. The zero-order valence-electron chi connectivity index (χ0n) is 10.6. The van der Waals surface area contributed by atoms with Crippen LogP contribution in [0.4, 0.5) is 13.2 Å². The lowest BCUT2D eigenvalue weighted by Gasteiger charge is -2.19. The van der Waals surface area contributed by atoms with Gasteiger partial charge in [-0.3, -0.25) is 0 Å². The van der Waals surface area contributed by atoms with Crippen LogP contribution in [0.2, 0.25) is 0 Å². The molecule has 19 heavy (non-hydrogen) atoms. The first-order chi connectivity index (χ1) is 8.93. The summed E-state index contributed by atoms with van der Waals surface area (Å²) in [6.45, 7) is 0.